The third kappa shape index (κ3) is 4.55. The standard InChI is InChI=1S/C14H28O2Si/c1-14(2,3)17(4,5)16-10-9-12-7-6-8-13(15)11-12/h12H,6-11H2,1-5H3. The van der Waals surface area contributed by atoms with Crippen LogP contribution in [-0.4, -0.2) is 20.7 Å². The molecule has 3 heteroatoms. The Bertz CT molecular complexity index is 266. The Hall–Kier alpha value is -0.153. The summed E-state index contributed by atoms with van der Waals surface area (Å²) in [7, 11) is -1.59. The molecule has 0 bridgehead atoms. The van der Waals surface area contributed by atoms with Crippen molar-refractivity contribution in [2.75, 3.05) is 6.61 Å². The molecular weight excluding hydrogens is 228 g/mol. The molecule has 0 N–H and O–H groups in total. The van der Waals surface area contributed by atoms with Gasteiger partial charge in [0.2, 0.25) is 0 Å². The maximum absolute atomic E-state index is 11.4. The van der Waals surface area contributed by atoms with Gasteiger partial charge in [0.05, 0.1) is 0 Å². The molecule has 0 aromatic carbocycles. The molecule has 1 fully saturated rings. The van der Waals surface area contributed by atoms with Crippen molar-refractivity contribution in [3.05, 3.63) is 0 Å². The van der Waals surface area contributed by atoms with Crippen LogP contribution in [-0.2, 0) is 9.22 Å². The second kappa shape index (κ2) is 5.66. The highest BCUT2D eigenvalue weighted by molar-refractivity contribution is 6.74. The van der Waals surface area contributed by atoms with Crippen LogP contribution in [0.4, 0.5) is 0 Å². The van der Waals surface area contributed by atoms with E-state index >= 15 is 0 Å². The molecule has 1 atom stereocenters. The fourth-order valence-electron chi connectivity index (χ4n) is 2.06. The zero-order chi connectivity index (χ0) is 13.1. The first-order valence-corrected chi connectivity index (χ1v) is 9.79. The second-order valence-corrected chi connectivity index (χ2v) is 11.7. The van der Waals surface area contributed by atoms with Gasteiger partial charge in [-0.3, -0.25) is 4.79 Å². The van der Waals surface area contributed by atoms with Crippen LogP contribution in [0, 0.1) is 5.92 Å². The highest BCUT2D eigenvalue weighted by Crippen LogP contribution is 2.37. The SMILES string of the molecule is CC(C)(C)[Si](C)(C)OCCC1CCCC(=O)C1. The minimum atomic E-state index is -1.59. The zero-order valence-corrected chi connectivity index (χ0v) is 13.1. The normalized spacial score (nSPS) is 22.9. The van der Waals surface area contributed by atoms with Crippen LogP contribution in [0.3, 0.4) is 0 Å². The van der Waals surface area contributed by atoms with Crippen molar-refractivity contribution >= 4 is 14.1 Å². The highest BCUT2D eigenvalue weighted by Gasteiger charge is 2.37. The molecule has 2 nitrogen and oxygen atoms in total. The lowest BCUT2D eigenvalue weighted by atomic mass is 9.86. The quantitative estimate of drug-likeness (QED) is 0.706. The predicted molar refractivity (Wildman–Crippen MR) is 74.7 cm³/mol. The van der Waals surface area contributed by atoms with Crippen molar-refractivity contribution < 1.29 is 9.22 Å². The smallest absolute Gasteiger partial charge is 0.191 e. The molecule has 0 spiro atoms. The molecule has 0 saturated heterocycles. The Morgan fingerprint density at radius 2 is 2.00 bits per heavy atom. The van der Waals surface area contributed by atoms with Gasteiger partial charge in [0.1, 0.15) is 5.78 Å². The molecule has 1 aliphatic rings. The summed E-state index contributed by atoms with van der Waals surface area (Å²) in [6, 6.07) is 0. The summed E-state index contributed by atoms with van der Waals surface area (Å²) in [5.41, 5.74) is 0. The first-order valence-electron chi connectivity index (χ1n) is 6.88. The highest BCUT2D eigenvalue weighted by atomic mass is 28.4. The first kappa shape index (κ1) is 14.9. The Balaban J connectivity index is 2.30. The van der Waals surface area contributed by atoms with Gasteiger partial charge in [-0.05, 0) is 43.3 Å². The molecule has 0 heterocycles. The molecule has 1 saturated carbocycles. The van der Waals surface area contributed by atoms with E-state index in [4.69, 9.17) is 4.43 Å². The molecule has 0 aromatic heterocycles. The lowest BCUT2D eigenvalue weighted by Gasteiger charge is -2.36. The molecule has 1 aliphatic carbocycles. The van der Waals surface area contributed by atoms with E-state index in [2.05, 4.69) is 33.9 Å². The van der Waals surface area contributed by atoms with Gasteiger partial charge >= 0.3 is 0 Å². The van der Waals surface area contributed by atoms with Crippen molar-refractivity contribution in [2.45, 2.75) is 71.0 Å². The Morgan fingerprint density at radius 3 is 2.53 bits per heavy atom. The molecule has 0 radical (unpaired) electrons. The Kier molecular flexibility index (Phi) is 4.96. The maximum atomic E-state index is 11.4. The number of rotatable bonds is 4. The molecule has 0 amide bonds. The van der Waals surface area contributed by atoms with E-state index in [1.165, 1.54) is 6.42 Å². The van der Waals surface area contributed by atoms with Gasteiger partial charge in [-0.25, -0.2) is 0 Å². The number of carbonyl (C=O) groups excluding carboxylic acids is 1. The van der Waals surface area contributed by atoms with Crippen molar-refractivity contribution in [3.63, 3.8) is 0 Å². The molecule has 100 valence electrons. The Morgan fingerprint density at radius 1 is 1.35 bits per heavy atom. The number of Topliss-reactive ketones (excluding diaryl/α,β-unsaturated/α-hetero) is 1. The number of hydrogen-bond acceptors (Lipinski definition) is 2. The van der Waals surface area contributed by atoms with Gasteiger partial charge in [-0.15, -0.1) is 0 Å². The molecule has 1 rings (SSSR count). The lowest BCUT2D eigenvalue weighted by Crippen LogP contribution is -2.41. The summed E-state index contributed by atoms with van der Waals surface area (Å²) in [6.07, 6.45) is 4.97. The van der Waals surface area contributed by atoms with Crippen LogP contribution < -0.4 is 0 Å². The molecule has 0 aliphatic heterocycles. The molecule has 0 aromatic rings. The topological polar surface area (TPSA) is 26.3 Å². The molecular formula is C14H28O2Si. The van der Waals surface area contributed by atoms with Gasteiger partial charge in [-0.2, -0.15) is 0 Å². The van der Waals surface area contributed by atoms with Crippen LogP contribution in [0.25, 0.3) is 0 Å². The summed E-state index contributed by atoms with van der Waals surface area (Å²) in [6.45, 7) is 12.2. The van der Waals surface area contributed by atoms with Crippen molar-refractivity contribution in [3.8, 4) is 0 Å². The van der Waals surface area contributed by atoms with Gasteiger partial charge in [-0.1, -0.05) is 20.8 Å². The fourth-order valence-corrected chi connectivity index (χ4v) is 3.12. The number of carbonyl (C=O) groups is 1. The second-order valence-electron chi connectivity index (χ2n) is 6.90. The monoisotopic (exact) mass is 256 g/mol. The van der Waals surface area contributed by atoms with E-state index in [0.717, 1.165) is 32.3 Å². The van der Waals surface area contributed by atoms with E-state index in [1.807, 2.05) is 0 Å². The fraction of sp³-hybridized carbons (Fsp3) is 0.929. The molecule has 1 unspecified atom stereocenters. The van der Waals surface area contributed by atoms with Crippen LogP contribution in [0.1, 0.15) is 52.9 Å². The minimum absolute atomic E-state index is 0.287. The van der Waals surface area contributed by atoms with Crippen LogP contribution in [0.2, 0.25) is 18.1 Å². The maximum Gasteiger partial charge on any atom is 0.191 e. The van der Waals surface area contributed by atoms with Crippen molar-refractivity contribution in [1.82, 2.24) is 0 Å². The largest absolute Gasteiger partial charge is 0.417 e. The van der Waals surface area contributed by atoms with Crippen LogP contribution >= 0.6 is 0 Å². The first-order chi connectivity index (χ1) is 7.72. The summed E-state index contributed by atoms with van der Waals surface area (Å²) in [4.78, 5) is 11.4. The van der Waals surface area contributed by atoms with Gasteiger partial charge in [0.25, 0.3) is 0 Å². The van der Waals surface area contributed by atoms with E-state index < -0.39 is 8.32 Å². The third-order valence-electron chi connectivity index (χ3n) is 4.38. The summed E-state index contributed by atoms with van der Waals surface area (Å²) in [5, 5.41) is 0.287. The van der Waals surface area contributed by atoms with Crippen molar-refractivity contribution in [1.29, 1.82) is 0 Å². The van der Waals surface area contributed by atoms with Gasteiger partial charge in [0, 0.05) is 19.4 Å². The van der Waals surface area contributed by atoms with Crippen LogP contribution in [0.15, 0.2) is 0 Å². The lowest BCUT2D eigenvalue weighted by molar-refractivity contribution is -0.121. The zero-order valence-electron chi connectivity index (χ0n) is 12.1. The average molecular weight is 256 g/mol. The molecule has 17 heavy (non-hydrogen) atoms. The number of ketones is 1. The number of hydrogen-bond donors (Lipinski definition) is 0. The van der Waals surface area contributed by atoms with Gasteiger partial charge in [0.15, 0.2) is 8.32 Å². The summed E-state index contributed by atoms with van der Waals surface area (Å²) >= 11 is 0. The van der Waals surface area contributed by atoms with Gasteiger partial charge < -0.3 is 4.43 Å². The third-order valence-corrected chi connectivity index (χ3v) is 8.92. The van der Waals surface area contributed by atoms with E-state index in [9.17, 15) is 4.79 Å². The minimum Gasteiger partial charge on any atom is -0.417 e. The van der Waals surface area contributed by atoms with Crippen molar-refractivity contribution in [2.24, 2.45) is 5.92 Å². The van der Waals surface area contributed by atoms with E-state index in [0.29, 0.717) is 11.7 Å². The summed E-state index contributed by atoms with van der Waals surface area (Å²) < 4.78 is 6.16. The summed E-state index contributed by atoms with van der Waals surface area (Å²) in [5.74, 6) is 1.04. The van der Waals surface area contributed by atoms with E-state index in [-0.39, 0.29) is 5.04 Å². The Labute approximate surface area is 107 Å². The van der Waals surface area contributed by atoms with E-state index in [1.54, 1.807) is 0 Å². The van der Waals surface area contributed by atoms with Crippen LogP contribution in [0.5, 0.6) is 0 Å². The predicted octanol–water partition coefficient (Wildman–Crippen LogP) is 4.16. The average Bonchev–Trinajstić information content (AvgIpc) is 2.15.